The van der Waals surface area contributed by atoms with E-state index in [0.29, 0.717) is 47.2 Å². The van der Waals surface area contributed by atoms with Gasteiger partial charge in [0, 0.05) is 36.4 Å². The number of hydrogen-bond donors (Lipinski definition) is 1. The molecule has 3 aromatic rings. The molecule has 1 aromatic carbocycles. The van der Waals surface area contributed by atoms with E-state index in [2.05, 4.69) is 29.1 Å². The van der Waals surface area contributed by atoms with E-state index in [1.165, 1.54) is 16.8 Å². The van der Waals surface area contributed by atoms with Gasteiger partial charge < -0.3 is 5.32 Å². The van der Waals surface area contributed by atoms with Crippen molar-refractivity contribution in [2.24, 2.45) is 17.3 Å². The Morgan fingerprint density at radius 1 is 1.07 bits per heavy atom. The third kappa shape index (κ3) is 5.05. The number of fused-ring (bicyclic) bond motifs is 1. The molecule has 2 aromatic heterocycles. The largest absolute Gasteiger partial charge is 0.324 e. The zero-order chi connectivity index (χ0) is 29.1. The number of benzene rings is 1. The number of anilines is 2. The Balaban J connectivity index is 1.30. The average Bonchev–Trinajstić information content (AvgIpc) is 3.61. The molecule has 3 fully saturated rings. The van der Waals surface area contributed by atoms with Crippen LogP contribution in [0.1, 0.15) is 82.4 Å². The van der Waals surface area contributed by atoms with Crippen LogP contribution in [0.5, 0.6) is 0 Å². The normalized spacial score (nSPS) is 21.4. The van der Waals surface area contributed by atoms with Gasteiger partial charge in [0.25, 0.3) is 12.0 Å². The van der Waals surface area contributed by atoms with Crippen LogP contribution in [0.4, 0.5) is 20.4 Å². The summed E-state index contributed by atoms with van der Waals surface area (Å²) in [6.45, 7) is 7.22. The van der Waals surface area contributed by atoms with Crippen molar-refractivity contribution in [1.29, 1.82) is 0 Å². The van der Waals surface area contributed by atoms with Gasteiger partial charge in [-0.3, -0.25) is 9.36 Å². The molecule has 1 spiro atoms. The van der Waals surface area contributed by atoms with Crippen LogP contribution in [0.15, 0.2) is 40.2 Å². The molecule has 1 unspecified atom stereocenters. The van der Waals surface area contributed by atoms with Crippen LogP contribution in [0, 0.1) is 24.2 Å². The smallest absolute Gasteiger partial charge is 0.269 e. The zero-order valence-corrected chi connectivity index (χ0v) is 24.6. The van der Waals surface area contributed by atoms with Crippen LogP contribution >= 0.6 is 0 Å². The molecule has 11 heteroatoms. The minimum Gasteiger partial charge on any atom is -0.324 e. The molecule has 8 nitrogen and oxygen atoms in total. The maximum Gasteiger partial charge on any atom is 0.269 e. The molecule has 1 aliphatic heterocycles. The summed E-state index contributed by atoms with van der Waals surface area (Å²) in [5.74, 6) is 1.30. The molecule has 2 saturated carbocycles. The quantitative estimate of drug-likeness (QED) is 0.347. The van der Waals surface area contributed by atoms with Gasteiger partial charge in [-0.2, -0.15) is 9.29 Å². The van der Waals surface area contributed by atoms with Crippen LogP contribution in [0.3, 0.4) is 0 Å². The fraction of sp³-hybridized carbons (Fsp3) is 0.567. The van der Waals surface area contributed by atoms with Gasteiger partial charge in [0.15, 0.2) is 0 Å². The molecule has 2 aliphatic carbocycles. The second-order valence-corrected chi connectivity index (χ2v) is 14.3. The Bertz CT molecular complexity index is 1640. The lowest BCUT2D eigenvalue weighted by Gasteiger charge is -2.33. The van der Waals surface area contributed by atoms with Gasteiger partial charge in [0.05, 0.1) is 10.5 Å². The Morgan fingerprint density at radius 2 is 1.80 bits per heavy atom. The number of piperidine rings is 1. The first-order valence-corrected chi connectivity index (χ1v) is 16.0. The lowest BCUT2D eigenvalue weighted by Crippen LogP contribution is -2.39. The molecule has 0 bridgehead atoms. The summed E-state index contributed by atoms with van der Waals surface area (Å²) >= 11 is 0. The average molecular weight is 586 g/mol. The van der Waals surface area contributed by atoms with Crippen LogP contribution < -0.4 is 10.9 Å². The summed E-state index contributed by atoms with van der Waals surface area (Å²) in [6, 6.07) is 5.97. The summed E-state index contributed by atoms with van der Waals surface area (Å²) < 4.78 is 57.4. The second-order valence-electron chi connectivity index (χ2n) is 12.4. The Morgan fingerprint density at radius 3 is 2.44 bits per heavy atom. The van der Waals surface area contributed by atoms with E-state index in [-0.39, 0.29) is 22.3 Å². The summed E-state index contributed by atoms with van der Waals surface area (Å²) in [7, 11) is -3.61. The van der Waals surface area contributed by atoms with E-state index >= 15 is 0 Å². The molecule has 0 amide bonds. The number of halogens is 2. The van der Waals surface area contributed by atoms with Crippen molar-refractivity contribution in [3.63, 3.8) is 0 Å². The third-order valence-corrected chi connectivity index (χ3v) is 11.5. The van der Waals surface area contributed by atoms with Crippen molar-refractivity contribution in [3.8, 4) is 0 Å². The summed E-state index contributed by atoms with van der Waals surface area (Å²) in [6.07, 6.45) is 5.00. The number of rotatable bonds is 7. The van der Waals surface area contributed by atoms with Crippen molar-refractivity contribution < 1.29 is 17.2 Å². The first-order valence-electron chi connectivity index (χ1n) is 14.6. The second kappa shape index (κ2) is 10.4. The van der Waals surface area contributed by atoms with Gasteiger partial charge in [-0.25, -0.2) is 22.2 Å². The Hall–Kier alpha value is -2.92. The van der Waals surface area contributed by atoms with Crippen LogP contribution in [-0.2, 0) is 10.0 Å². The van der Waals surface area contributed by atoms with Crippen molar-refractivity contribution in [2.45, 2.75) is 83.1 Å². The van der Waals surface area contributed by atoms with E-state index in [1.54, 1.807) is 22.5 Å². The summed E-state index contributed by atoms with van der Waals surface area (Å²) in [5.41, 5.74) is 0.461. The van der Waals surface area contributed by atoms with Gasteiger partial charge in [-0.1, -0.05) is 20.3 Å². The highest BCUT2D eigenvalue weighted by Gasteiger charge is 2.53. The number of alkyl halides is 2. The van der Waals surface area contributed by atoms with Crippen LogP contribution in [-0.4, -0.2) is 40.3 Å². The molecular weight excluding hydrogens is 548 g/mol. The van der Waals surface area contributed by atoms with Crippen molar-refractivity contribution in [3.05, 3.63) is 51.9 Å². The van der Waals surface area contributed by atoms with Crippen LogP contribution in [0.25, 0.3) is 11.0 Å². The highest BCUT2D eigenvalue weighted by molar-refractivity contribution is 7.89. The van der Waals surface area contributed by atoms with Gasteiger partial charge in [0.2, 0.25) is 16.0 Å². The topological polar surface area (TPSA) is 97.2 Å². The summed E-state index contributed by atoms with van der Waals surface area (Å²) in [5, 5.41) is 3.55. The Labute approximate surface area is 239 Å². The van der Waals surface area contributed by atoms with E-state index < -0.39 is 27.6 Å². The molecule has 0 radical (unpaired) electrons. The molecular formula is C30H37F2N5O3S. The van der Waals surface area contributed by atoms with Crippen molar-refractivity contribution in [1.82, 2.24) is 18.8 Å². The fourth-order valence-electron chi connectivity index (χ4n) is 6.90. The molecule has 6 rings (SSSR count). The predicted molar refractivity (Wildman–Crippen MR) is 154 cm³/mol. The van der Waals surface area contributed by atoms with Gasteiger partial charge in [0.1, 0.15) is 5.65 Å². The molecule has 3 aliphatic rings. The highest BCUT2D eigenvalue weighted by atomic mass is 32.2. The van der Waals surface area contributed by atoms with Gasteiger partial charge in [-0.15, -0.1) is 0 Å². The predicted octanol–water partition coefficient (Wildman–Crippen LogP) is 6.34. The minimum absolute atomic E-state index is 0.00197. The first-order chi connectivity index (χ1) is 19.5. The standard InChI is InChI=1S/C30H37F2N5O3S/c1-18(2)20-8-13-36(14-9-20)41(39,40)22-6-7-24(19(3)15-22)34-29-33-17-21-16-23(26(31)32)28(38)37(27(21)35-29)25-5-4-10-30(25)11-12-30/h6-7,15-18,20,25-26H,4-5,8-14H2,1-3H3,(H,33,34,35). The molecule has 1 saturated heterocycles. The zero-order valence-electron chi connectivity index (χ0n) is 23.7. The molecule has 1 N–H and O–H groups in total. The minimum atomic E-state index is -3.61. The highest BCUT2D eigenvalue weighted by Crippen LogP contribution is 2.63. The number of nitrogens with zero attached hydrogens (tertiary/aromatic N) is 4. The lowest BCUT2D eigenvalue weighted by atomic mass is 9.87. The number of pyridine rings is 1. The number of hydrogen-bond acceptors (Lipinski definition) is 6. The number of nitrogens with one attached hydrogen (secondary N) is 1. The maximum absolute atomic E-state index is 13.8. The lowest BCUT2D eigenvalue weighted by molar-refractivity contribution is 0.148. The first kappa shape index (κ1) is 28.2. The molecule has 41 heavy (non-hydrogen) atoms. The Kier molecular flexibility index (Phi) is 7.17. The maximum atomic E-state index is 13.8. The van der Waals surface area contributed by atoms with Crippen molar-refractivity contribution in [2.75, 3.05) is 18.4 Å². The van der Waals surface area contributed by atoms with E-state index in [0.717, 1.165) is 44.9 Å². The molecule has 1 atom stereocenters. The fourth-order valence-corrected chi connectivity index (χ4v) is 8.46. The number of aromatic nitrogens is 3. The van der Waals surface area contributed by atoms with Crippen LogP contribution in [0.2, 0.25) is 0 Å². The van der Waals surface area contributed by atoms with E-state index in [4.69, 9.17) is 0 Å². The molecule has 3 heterocycles. The molecule has 220 valence electrons. The van der Waals surface area contributed by atoms with Gasteiger partial charge in [-0.05, 0) is 92.5 Å². The van der Waals surface area contributed by atoms with E-state index in [1.807, 2.05) is 6.92 Å². The van der Waals surface area contributed by atoms with E-state index in [9.17, 15) is 22.0 Å². The monoisotopic (exact) mass is 585 g/mol. The summed E-state index contributed by atoms with van der Waals surface area (Å²) in [4.78, 5) is 22.5. The van der Waals surface area contributed by atoms with Gasteiger partial charge >= 0.3 is 0 Å². The number of sulfonamides is 1. The number of aryl methyl sites for hydroxylation is 1. The third-order valence-electron chi connectivity index (χ3n) is 9.62. The van der Waals surface area contributed by atoms with Crippen molar-refractivity contribution >= 4 is 32.7 Å². The SMILES string of the molecule is Cc1cc(S(=O)(=O)N2CCC(C(C)C)CC2)ccc1Nc1ncc2cc(C(F)F)c(=O)n(C3CCCC34CC4)c2n1.